The number of benzene rings is 4. The molecule has 46 heavy (non-hydrogen) atoms. The SMILES string of the molecule is O=C(Oc1ccc(SCCOCc2ccccc2)cc1)C1CCC(C(=O)Oc2ccc(SCCOCc3ccccc3)cc2)CC1. The van der Waals surface area contributed by atoms with Crippen LogP contribution >= 0.6 is 23.5 Å². The van der Waals surface area contributed by atoms with Crippen LogP contribution in [-0.4, -0.2) is 36.7 Å². The van der Waals surface area contributed by atoms with E-state index in [9.17, 15) is 9.59 Å². The molecule has 0 aromatic heterocycles. The summed E-state index contributed by atoms with van der Waals surface area (Å²) in [7, 11) is 0. The lowest BCUT2D eigenvalue weighted by Crippen LogP contribution is -2.30. The standard InChI is InChI=1S/C38H40O6S2/c39-37(43-33-15-19-35(20-16-33)45-25-23-41-27-29-7-3-1-4-8-29)31-11-13-32(14-12-31)38(40)44-34-17-21-36(22-18-34)46-26-24-42-28-30-9-5-2-6-10-30/h1-10,15-22,31-32H,11-14,23-28H2. The van der Waals surface area contributed by atoms with Gasteiger partial charge in [0, 0.05) is 21.3 Å². The summed E-state index contributed by atoms with van der Waals surface area (Å²) in [6.45, 7) is 2.54. The van der Waals surface area contributed by atoms with E-state index in [0.717, 1.165) is 21.3 Å². The predicted octanol–water partition coefficient (Wildman–Crippen LogP) is 8.62. The zero-order chi connectivity index (χ0) is 31.8. The predicted molar refractivity (Wildman–Crippen MR) is 183 cm³/mol. The number of carbonyl (C=O) groups excluding carboxylic acids is 2. The topological polar surface area (TPSA) is 71.1 Å². The van der Waals surface area contributed by atoms with Crippen molar-refractivity contribution in [2.75, 3.05) is 24.7 Å². The molecule has 0 heterocycles. The molecule has 4 aromatic carbocycles. The van der Waals surface area contributed by atoms with Crippen molar-refractivity contribution in [2.24, 2.45) is 11.8 Å². The molecular formula is C38H40O6S2. The van der Waals surface area contributed by atoms with Gasteiger partial charge in [-0.2, -0.15) is 0 Å². The summed E-state index contributed by atoms with van der Waals surface area (Å²) >= 11 is 3.41. The van der Waals surface area contributed by atoms with Crippen molar-refractivity contribution in [3.8, 4) is 11.5 Å². The number of hydrogen-bond acceptors (Lipinski definition) is 8. The van der Waals surface area contributed by atoms with E-state index in [-0.39, 0.29) is 23.8 Å². The highest BCUT2D eigenvalue weighted by Crippen LogP contribution is 2.32. The second-order valence-corrected chi connectivity index (χ2v) is 13.4. The maximum Gasteiger partial charge on any atom is 0.314 e. The highest BCUT2D eigenvalue weighted by molar-refractivity contribution is 7.99. The van der Waals surface area contributed by atoms with E-state index in [1.807, 2.05) is 84.9 Å². The van der Waals surface area contributed by atoms with Crippen LogP contribution in [0.25, 0.3) is 0 Å². The highest BCUT2D eigenvalue weighted by Gasteiger charge is 2.32. The highest BCUT2D eigenvalue weighted by atomic mass is 32.2. The second kappa shape index (κ2) is 18.6. The molecule has 1 saturated carbocycles. The van der Waals surface area contributed by atoms with Gasteiger partial charge in [0.15, 0.2) is 0 Å². The average Bonchev–Trinajstić information content (AvgIpc) is 3.10. The van der Waals surface area contributed by atoms with E-state index in [1.54, 1.807) is 23.5 Å². The van der Waals surface area contributed by atoms with Crippen LogP contribution in [0.3, 0.4) is 0 Å². The number of rotatable bonds is 16. The van der Waals surface area contributed by atoms with Gasteiger partial charge in [-0.25, -0.2) is 0 Å². The number of thioether (sulfide) groups is 2. The molecule has 6 nitrogen and oxygen atoms in total. The Kier molecular flexibility index (Phi) is 13.6. The fourth-order valence-electron chi connectivity index (χ4n) is 5.14. The Labute approximate surface area is 280 Å². The average molecular weight is 657 g/mol. The molecule has 240 valence electrons. The van der Waals surface area contributed by atoms with Crippen LogP contribution in [0.2, 0.25) is 0 Å². The van der Waals surface area contributed by atoms with E-state index >= 15 is 0 Å². The first kappa shape index (κ1) is 33.8. The first-order chi connectivity index (χ1) is 22.6. The number of hydrogen-bond donors (Lipinski definition) is 0. The van der Waals surface area contributed by atoms with Crippen molar-refractivity contribution in [3.63, 3.8) is 0 Å². The number of carbonyl (C=O) groups is 2. The van der Waals surface area contributed by atoms with Crippen LogP contribution in [0.5, 0.6) is 11.5 Å². The zero-order valence-electron chi connectivity index (χ0n) is 25.9. The molecule has 1 aliphatic carbocycles. The first-order valence-electron chi connectivity index (χ1n) is 15.7. The Morgan fingerprint density at radius 3 is 1.26 bits per heavy atom. The Bertz CT molecular complexity index is 1360. The molecule has 0 unspecified atom stereocenters. The van der Waals surface area contributed by atoms with Gasteiger partial charge in [0.1, 0.15) is 11.5 Å². The van der Waals surface area contributed by atoms with Gasteiger partial charge in [0.25, 0.3) is 0 Å². The van der Waals surface area contributed by atoms with Crippen molar-refractivity contribution in [1.29, 1.82) is 0 Å². The normalized spacial score (nSPS) is 16.1. The first-order valence-corrected chi connectivity index (χ1v) is 17.7. The second-order valence-electron chi connectivity index (χ2n) is 11.1. The third-order valence-electron chi connectivity index (χ3n) is 7.69. The van der Waals surface area contributed by atoms with Gasteiger partial charge in [-0.3, -0.25) is 9.59 Å². The van der Waals surface area contributed by atoms with Crippen molar-refractivity contribution in [3.05, 3.63) is 120 Å². The van der Waals surface area contributed by atoms with E-state index in [0.29, 0.717) is 63.6 Å². The van der Waals surface area contributed by atoms with Gasteiger partial charge in [-0.05, 0) is 85.3 Å². The molecule has 1 fully saturated rings. The molecule has 0 atom stereocenters. The van der Waals surface area contributed by atoms with Crippen LogP contribution in [0.15, 0.2) is 119 Å². The van der Waals surface area contributed by atoms with E-state index in [1.165, 1.54) is 11.1 Å². The van der Waals surface area contributed by atoms with Gasteiger partial charge >= 0.3 is 11.9 Å². The van der Waals surface area contributed by atoms with Crippen LogP contribution in [-0.2, 0) is 32.3 Å². The quantitative estimate of drug-likeness (QED) is 0.0514. The minimum absolute atomic E-state index is 0.215. The minimum Gasteiger partial charge on any atom is -0.426 e. The van der Waals surface area contributed by atoms with Crippen LogP contribution in [0.4, 0.5) is 0 Å². The maximum absolute atomic E-state index is 12.8. The van der Waals surface area contributed by atoms with E-state index < -0.39 is 0 Å². The summed E-state index contributed by atoms with van der Waals surface area (Å²) in [4.78, 5) is 27.8. The van der Waals surface area contributed by atoms with Crippen LogP contribution in [0, 0.1) is 11.8 Å². The van der Waals surface area contributed by atoms with Crippen molar-refractivity contribution >= 4 is 35.5 Å². The van der Waals surface area contributed by atoms with Crippen molar-refractivity contribution < 1.29 is 28.5 Å². The molecule has 0 aliphatic heterocycles. The Morgan fingerprint density at radius 1 is 0.522 bits per heavy atom. The van der Waals surface area contributed by atoms with Crippen molar-refractivity contribution in [1.82, 2.24) is 0 Å². The van der Waals surface area contributed by atoms with Gasteiger partial charge in [-0.15, -0.1) is 23.5 Å². The summed E-state index contributed by atoms with van der Waals surface area (Å²) in [6.07, 6.45) is 2.43. The number of ether oxygens (including phenoxy) is 4. The third-order valence-corrected chi connectivity index (χ3v) is 9.65. The summed E-state index contributed by atoms with van der Waals surface area (Å²) < 4.78 is 22.8. The van der Waals surface area contributed by atoms with Crippen molar-refractivity contribution in [2.45, 2.75) is 48.7 Å². The lowest BCUT2D eigenvalue weighted by Gasteiger charge is -2.25. The Hall–Kier alpha value is -3.56. The Morgan fingerprint density at radius 2 is 0.891 bits per heavy atom. The van der Waals surface area contributed by atoms with Gasteiger partial charge in [0.2, 0.25) is 0 Å². The Balaban J connectivity index is 0.943. The third kappa shape index (κ3) is 11.4. The van der Waals surface area contributed by atoms with Gasteiger partial charge in [-0.1, -0.05) is 60.7 Å². The molecule has 5 rings (SSSR count). The summed E-state index contributed by atoms with van der Waals surface area (Å²) in [6, 6.07) is 35.4. The molecule has 0 bridgehead atoms. The molecule has 4 aromatic rings. The molecular weight excluding hydrogens is 617 g/mol. The lowest BCUT2D eigenvalue weighted by molar-refractivity contribution is -0.145. The maximum atomic E-state index is 12.8. The molecule has 0 N–H and O–H groups in total. The molecule has 0 amide bonds. The van der Waals surface area contributed by atoms with Crippen LogP contribution in [0.1, 0.15) is 36.8 Å². The zero-order valence-corrected chi connectivity index (χ0v) is 27.5. The summed E-state index contributed by atoms with van der Waals surface area (Å²) in [5.74, 6) is 1.86. The van der Waals surface area contributed by atoms with E-state index in [4.69, 9.17) is 18.9 Å². The molecule has 0 saturated heterocycles. The molecule has 0 spiro atoms. The minimum atomic E-state index is -0.236. The fourth-order valence-corrected chi connectivity index (χ4v) is 6.67. The lowest BCUT2D eigenvalue weighted by atomic mass is 9.82. The molecule has 0 radical (unpaired) electrons. The van der Waals surface area contributed by atoms with Crippen LogP contribution < -0.4 is 9.47 Å². The smallest absolute Gasteiger partial charge is 0.314 e. The summed E-state index contributed by atoms with van der Waals surface area (Å²) in [5, 5.41) is 0. The van der Waals surface area contributed by atoms with Gasteiger partial charge in [0.05, 0.1) is 38.3 Å². The monoisotopic (exact) mass is 656 g/mol. The van der Waals surface area contributed by atoms with E-state index in [2.05, 4.69) is 24.3 Å². The molecule has 8 heteroatoms. The largest absolute Gasteiger partial charge is 0.426 e. The summed E-state index contributed by atoms with van der Waals surface area (Å²) in [5.41, 5.74) is 2.33. The number of esters is 2. The fraction of sp³-hybridized carbons (Fsp3) is 0.316. The molecule has 1 aliphatic rings. The van der Waals surface area contributed by atoms with Gasteiger partial charge < -0.3 is 18.9 Å².